The lowest BCUT2D eigenvalue weighted by Gasteiger charge is -2.40. The Morgan fingerprint density at radius 1 is 1.44 bits per heavy atom. The molecule has 1 saturated heterocycles. The Kier molecular flexibility index (Phi) is 3.24. The van der Waals surface area contributed by atoms with Crippen LogP contribution in [-0.2, 0) is 4.74 Å². The van der Waals surface area contributed by atoms with Crippen LogP contribution in [0.4, 0.5) is 11.6 Å². The van der Waals surface area contributed by atoms with Crippen molar-refractivity contribution in [1.29, 1.82) is 0 Å². The van der Waals surface area contributed by atoms with E-state index in [1.165, 1.54) is 0 Å². The van der Waals surface area contributed by atoms with Gasteiger partial charge in [-0.1, -0.05) is 6.92 Å². The minimum Gasteiger partial charge on any atom is -0.382 e. The van der Waals surface area contributed by atoms with Crippen LogP contribution < -0.4 is 10.6 Å². The molecule has 0 aromatic carbocycles. The third-order valence-electron chi connectivity index (χ3n) is 2.94. The Bertz CT molecular complexity index is 340. The molecular formula is C11H18N4O. The Hall–Kier alpha value is -1.36. The lowest BCUT2D eigenvalue weighted by molar-refractivity contribution is 0.0694. The first-order valence-electron chi connectivity index (χ1n) is 5.67. The summed E-state index contributed by atoms with van der Waals surface area (Å²) in [6, 6.07) is 4.42. The number of hydrogen-bond donors (Lipinski definition) is 1. The smallest absolute Gasteiger partial charge is 0.152 e. The van der Waals surface area contributed by atoms with Crippen molar-refractivity contribution < 1.29 is 4.74 Å². The second-order valence-corrected chi connectivity index (χ2v) is 4.17. The van der Waals surface area contributed by atoms with Gasteiger partial charge in [0, 0.05) is 0 Å². The average molecular weight is 222 g/mol. The van der Waals surface area contributed by atoms with Gasteiger partial charge in [-0.3, -0.25) is 0 Å². The molecule has 0 bridgehead atoms. The predicted molar refractivity (Wildman–Crippen MR) is 63.3 cm³/mol. The van der Waals surface area contributed by atoms with Crippen LogP contribution >= 0.6 is 0 Å². The van der Waals surface area contributed by atoms with Crippen LogP contribution in [0.5, 0.6) is 0 Å². The van der Waals surface area contributed by atoms with Crippen molar-refractivity contribution in [3.05, 3.63) is 12.1 Å². The molecule has 1 aliphatic rings. The van der Waals surface area contributed by atoms with Gasteiger partial charge < -0.3 is 15.4 Å². The summed E-state index contributed by atoms with van der Waals surface area (Å²) < 4.78 is 5.55. The molecule has 0 aliphatic carbocycles. The summed E-state index contributed by atoms with van der Waals surface area (Å²) in [6.07, 6.45) is 1.04. The zero-order valence-corrected chi connectivity index (χ0v) is 9.76. The van der Waals surface area contributed by atoms with Gasteiger partial charge in [-0.15, -0.1) is 10.2 Å². The van der Waals surface area contributed by atoms with Gasteiger partial charge in [0.1, 0.15) is 5.82 Å². The average Bonchev–Trinajstić information content (AvgIpc) is 2.30. The number of anilines is 2. The molecule has 88 valence electrons. The molecular weight excluding hydrogens is 204 g/mol. The van der Waals surface area contributed by atoms with Crippen LogP contribution in [0, 0.1) is 0 Å². The maximum atomic E-state index is 5.55. The lowest BCUT2D eigenvalue weighted by Crippen LogP contribution is -2.51. The number of morpholine rings is 1. The summed E-state index contributed by atoms with van der Waals surface area (Å²) in [7, 11) is 0. The summed E-state index contributed by atoms with van der Waals surface area (Å²) in [5.74, 6) is 1.34. The van der Waals surface area contributed by atoms with E-state index in [4.69, 9.17) is 10.5 Å². The fourth-order valence-corrected chi connectivity index (χ4v) is 2.10. The summed E-state index contributed by atoms with van der Waals surface area (Å²) >= 11 is 0. The Balaban J connectivity index is 2.24. The topological polar surface area (TPSA) is 64.3 Å². The Morgan fingerprint density at radius 3 is 2.88 bits per heavy atom. The molecule has 2 rings (SSSR count). The van der Waals surface area contributed by atoms with Gasteiger partial charge in [0.2, 0.25) is 0 Å². The summed E-state index contributed by atoms with van der Waals surface area (Å²) in [5, 5.41) is 8.05. The fourth-order valence-electron chi connectivity index (χ4n) is 2.10. The normalized spacial score (nSPS) is 25.8. The van der Waals surface area contributed by atoms with Crippen molar-refractivity contribution in [2.45, 2.75) is 32.4 Å². The third-order valence-corrected chi connectivity index (χ3v) is 2.94. The van der Waals surface area contributed by atoms with Crippen molar-refractivity contribution in [3.8, 4) is 0 Å². The van der Waals surface area contributed by atoms with Gasteiger partial charge in [-0.2, -0.15) is 0 Å². The van der Waals surface area contributed by atoms with Crippen molar-refractivity contribution in [2.24, 2.45) is 0 Å². The van der Waals surface area contributed by atoms with Crippen molar-refractivity contribution >= 4 is 11.6 Å². The van der Waals surface area contributed by atoms with E-state index in [-0.39, 0.29) is 0 Å². The number of hydrogen-bond acceptors (Lipinski definition) is 5. The van der Waals surface area contributed by atoms with Crippen LogP contribution in [-0.4, -0.2) is 35.5 Å². The predicted octanol–water partition coefficient (Wildman–Crippen LogP) is 1.06. The van der Waals surface area contributed by atoms with Gasteiger partial charge >= 0.3 is 0 Å². The van der Waals surface area contributed by atoms with E-state index in [0.29, 0.717) is 17.9 Å². The minimum atomic E-state index is 0.330. The lowest BCUT2D eigenvalue weighted by atomic mass is 10.1. The fraction of sp³-hybridized carbons (Fsp3) is 0.636. The van der Waals surface area contributed by atoms with E-state index < -0.39 is 0 Å². The minimum absolute atomic E-state index is 0.330. The molecule has 5 nitrogen and oxygen atoms in total. The molecule has 1 aromatic heterocycles. The molecule has 0 amide bonds. The standard InChI is InChI=1S/C11H18N4O/c1-3-9-7-16-6-8(2)15(9)11-5-4-10(12)13-14-11/h4-5,8-9H,3,6-7H2,1-2H3,(H2,12,13). The van der Waals surface area contributed by atoms with Crippen LogP contribution in [0.15, 0.2) is 12.1 Å². The Labute approximate surface area is 95.6 Å². The number of nitrogens with zero attached hydrogens (tertiary/aromatic N) is 3. The molecule has 2 heterocycles. The number of nitrogens with two attached hydrogens (primary N) is 1. The Morgan fingerprint density at radius 2 is 2.25 bits per heavy atom. The molecule has 0 saturated carbocycles. The molecule has 16 heavy (non-hydrogen) atoms. The van der Waals surface area contributed by atoms with Crippen molar-refractivity contribution in [1.82, 2.24) is 10.2 Å². The van der Waals surface area contributed by atoms with E-state index in [1.807, 2.05) is 6.07 Å². The highest BCUT2D eigenvalue weighted by Gasteiger charge is 2.28. The highest BCUT2D eigenvalue weighted by atomic mass is 16.5. The summed E-state index contributed by atoms with van der Waals surface area (Å²) in [6.45, 7) is 5.79. The number of rotatable bonds is 2. The molecule has 2 N–H and O–H groups in total. The van der Waals surface area contributed by atoms with E-state index in [0.717, 1.165) is 25.5 Å². The number of nitrogen functional groups attached to an aromatic ring is 1. The number of aromatic nitrogens is 2. The van der Waals surface area contributed by atoms with E-state index in [1.54, 1.807) is 6.07 Å². The summed E-state index contributed by atoms with van der Waals surface area (Å²) in [4.78, 5) is 2.27. The van der Waals surface area contributed by atoms with Gasteiger partial charge in [-0.05, 0) is 25.5 Å². The third kappa shape index (κ3) is 2.09. The van der Waals surface area contributed by atoms with Gasteiger partial charge in [0.05, 0.1) is 25.3 Å². The molecule has 2 unspecified atom stereocenters. The second kappa shape index (κ2) is 4.65. The monoisotopic (exact) mass is 222 g/mol. The first-order chi connectivity index (χ1) is 7.72. The molecule has 5 heteroatoms. The largest absolute Gasteiger partial charge is 0.382 e. The second-order valence-electron chi connectivity index (χ2n) is 4.17. The maximum Gasteiger partial charge on any atom is 0.152 e. The first-order valence-corrected chi connectivity index (χ1v) is 5.67. The summed E-state index contributed by atoms with van der Waals surface area (Å²) in [5.41, 5.74) is 5.54. The number of ether oxygens (including phenoxy) is 1. The van der Waals surface area contributed by atoms with Crippen LogP contribution in [0.2, 0.25) is 0 Å². The SMILES string of the molecule is CCC1COCC(C)N1c1ccc(N)nn1. The molecule has 2 atom stereocenters. The van der Waals surface area contributed by atoms with Gasteiger partial charge in [-0.25, -0.2) is 0 Å². The first kappa shape index (κ1) is 11.1. The van der Waals surface area contributed by atoms with Crippen LogP contribution in [0.3, 0.4) is 0 Å². The van der Waals surface area contributed by atoms with E-state index >= 15 is 0 Å². The maximum absolute atomic E-state index is 5.55. The van der Waals surface area contributed by atoms with Crippen LogP contribution in [0.25, 0.3) is 0 Å². The van der Waals surface area contributed by atoms with Crippen molar-refractivity contribution in [2.75, 3.05) is 23.8 Å². The molecule has 1 fully saturated rings. The quantitative estimate of drug-likeness (QED) is 0.810. The van der Waals surface area contributed by atoms with Gasteiger partial charge in [0.15, 0.2) is 5.82 Å². The molecule has 0 spiro atoms. The zero-order chi connectivity index (χ0) is 11.5. The van der Waals surface area contributed by atoms with Crippen molar-refractivity contribution in [3.63, 3.8) is 0 Å². The molecule has 1 aliphatic heterocycles. The van der Waals surface area contributed by atoms with E-state index in [9.17, 15) is 0 Å². The van der Waals surface area contributed by atoms with Gasteiger partial charge in [0.25, 0.3) is 0 Å². The molecule has 1 aromatic rings. The molecule has 0 radical (unpaired) electrons. The van der Waals surface area contributed by atoms with Crippen LogP contribution in [0.1, 0.15) is 20.3 Å². The van der Waals surface area contributed by atoms with E-state index in [2.05, 4.69) is 28.9 Å². The highest BCUT2D eigenvalue weighted by Crippen LogP contribution is 2.22. The highest BCUT2D eigenvalue weighted by molar-refractivity contribution is 5.43. The zero-order valence-electron chi connectivity index (χ0n) is 9.76.